The Hall–Kier alpha value is -5.13. The predicted octanol–water partition coefficient (Wildman–Crippen LogP) is 9.76. The molecule has 8 aromatic rings. The number of hydrogen-bond acceptors (Lipinski definition) is 3. The van der Waals surface area contributed by atoms with Crippen molar-refractivity contribution in [1.82, 2.24) is 19.1 Å². The van der Waals surface area contributed by atoms with E-state index in [4.69, 9.17) is 9.97 Å². The van der Waals surface area contributed by atoms with Crippen LogP contribution in [0.2, 0.25) is 0 Å². The molecule has 0 amide bonds. The van der Waals surface area contributed by atoms with Gasteiger partial charge in [0.15, 0.2) is 0 Å². The minimum atomic E-state index is 0.711. The maximum absolute atomic E-state index is 5.36. The number of nitrogens with zero attached hydrogens (tertiary/aromatic N) is 4. The van der Waals surface area contributed by atoms with Gasteiger partial charge in [-0.05, 0) is 73.0 Å². The molecule has 5 aromatic carbocycles. The minimum absolute atomic E-state index is 0.711. The van der Waals surface area contributed by atoms with Crippen LogP contribution in [0.5, 0.6) is 0 Å². The lowest BCUT2D eigenvalue weighted by atomic mass is 9.98. The van der Waals surface area contributed by atoms with E-state index in [0.717, 1.165) is 40.5 Å². The molecule has 0 unspecified atom stereocenters. The highest BCUT2D eigenvalue weighted by Crippen LogP contribution is 2.47. The van der Waals surface area contributed by atoms with Crippen LogP contribution in [0.3, 0.4) is 0 Å². The van der Waals surface area contributed by atoms with E-state index in [1.807, 2.05) is 0 Å². The van der Waals surface area contributed by atoms with Crippen LogP contribution >= 0.6 is 11.8 Å². The molecule has 0 bridgehead atoms. The van der Waals surface area contributed by atoms with Crippen LogP contribution in [0.15, 0.2) is 125 Å². The fraction of sp³-hybridized carbons (Fsp3) is 0.0526. The molecule has 0 spiro atoms. The van der Waals surface area contributed by atoms with Gasteiger partial charge >= 0.3 is 0 Å². The lowest BCUT2D eigenvalue weighted by molar-refractivity contribution is 0.968. The van der Waals surface area contributed by atoms with Gasteiger partial charge in [-0.25, -0.2) is 9.97 Å². The first-order valence-corrected chi connectivity index (χ1v) is 15.6. The van der Waals surface area contributed by atoms with Crippen molar-refractivity contribution in [2.24, 2.45) is 0 Å². The highest BCUT2D eigenvalue weighted by molar-refractivity contribution is 7.99. The van der Waals surface area contributed by atoms with Crippen molar-refractivity contribution < 1.29 is 0 Å². The van der Waals surface area contributed by atoms with Gasteiger partial charge in [-0.2, -0.15) is 0 Å². The molecule has 0 radical (unpaired) electrons. The topological polar surface area (TPSA) is 35.6 Å². The van der Waals surface area contributed by atoms with Crippen molar-refractivity contribution in [3.8, 4) is 22.9 Å². The number of para-hydroxylation sites is 2. The zero-order chi connectivity index (χ0) is 28.1. The molecule has 4 nitrogen and oxygen atoms in total. The third kappa shape index (κ3) is 3.17. The summed E-state index contributed by atoms with van der Waals surface area (Å²) in [6.45, 7) is 0. The van der Waals surface area contributed by atoms with Crippen LogP contribution in [0.1, 0.15) is 17.7 Å². The monoisotopic (exact) mass is 568 g/mol. The highest BCUT2D eigenvalue weighted by atomic mass is 32.2. The van der Waals surface area contributed by atoms with Crippen molar-refractivity contribution in [1.29, 1.82) is 0 Å². The molecule has 5 heteroatoms. The average molecular weight is 569 g/mol. The van der Waals surface area contributed by atoms with Gasteiger partial charge in [0.05, 0.1) is 27.8 Å². The number of aryl methyl sites for hydroxylation is 1. The van der Waals surface area contributed by atoms with Gasteiger partial charge in [-0.1, -0.05) is 78.5 Å². The molecule has 43 heavy (non-hydrogen) atoms. The largest absolute Gasteiger partial charge is 0.310 e. The summed E-state index contributed by atoms with van der Waals surface area (Å²) in [5.74, 6) is 0.711. The molecule has 2 aliphatic rings. The smallest absolute Gasteiger partial charge is 0.235 e. The number of benzene rings is 5. The minimum Gasteiger partial charge on any atom is -0.310 e. The Kier molecular flexibility index (Phi) is 4.74. The maximum Gasteiger partial charge on any atom is 0.235 e. The Morgan fingerprint density at radius 2 is 1.40 bits per heavy atom. The molecular weight excluding hydrogens is 545 g/mol. The first-order chi connectivity index (χ1) is 21.3. The second kappa shape index (κ2) is 8.69. The van der Waals surface area contributed by atoms with Gasteiger partial charge in [0.2, 0.25) is 5.95 Å². The normalized spacial score (nSPS) is 13.7. The number of rotatable bonds is 2. The summed E-state index contributed by atoms with van der Waals surface area (Å²) in [6.07, 6.45) is 6.68. The van der Waals surface area contributed by atoms with Gasteiger partial charge in [0, 0.05) is 48.3 Å². The third-order valence-corrected chi connectivity index (χ3v) is 10.1. The Morgan fingerprint density at radius 1 is 0.605 bits per heavy atom. The summed E-state index contributed by atoms with van der Waals surface area (Å²) >= 11 is 1.80. The van der Waals surface area contributed by atoms with E-state index in [0.29, 0.717) is 5.95 Å². The summed E-state index contributed by atoms with van der Waals surface area (Å²) in [5, 5.41) is 4.98. The molecule has 0 saturated heterocycles. The Balaban J connectivity index is 1.35. The number of allylic oxidation sites excluding steroid dienone is 1. The van der Waals surface area contributed by atoms with Crippen LogP contribution in [0.25, 0.3) is 72.6 Å². The van der Waals surface area contributed by atoms with Gasteiger partial charge in [-0.15, -0.1) is 0 Å². The molecule has 0 atom stereocenters. The van der Waals surface area contributed by atoms with Crippen molar-refractivity contribution in [2.45, 2.75) is 22.6 Å². The maximum atomic E-state index is 5.36. The molecule has 202 valence electrons. The first-order valence-electron chi connectivity index (χ1n) is 14.7. The predicted molar refractivity (Wildman–Crippen MR) is 178 cm³/mol. The third-order valence-electron chi connectivity index (χ3n) is 9.00. The molecular formula is C38H24N4S. The summed E-state index contributed by atoms with van der Waals surface area (Å²) in [6, 6.07) is 39.0. The quantitative estimate of drug-likeness (QED) is 0.208. The molecule has 4 heterocycles. The van der Waals surface area contributed by atoms with Crippen LogP contribution in [-0.4, -0.2) is 19.1 Å². The van der Waals surface area contributed by atoms with Crippen LogP contribution in [-0.2, 0) is 6.42 Å². The summed E-state index contributed by atoms with van der Waals surface area (Å²) in [7, 11) is 0. The van der Waals surface area contributed by atoms with E-state index >= 15 is 0 Å². The van der Waals surface area contributed by atoms with E-state index in [9.17, 15) is 0 Å². The zero-order valence-corrected chi connectivity index (χ0v) is 24.0. The Bertz CT molecular complexity index is 2480. The van der Waals surface area contributed by atoms with Crippen molar-refractivity contribution in [2.75, 3.05) is 0 Å². The second-order valence-electron chi connectivity index (χ2n) is 11.3. The van der Waals surface area contributed by atoms with E-state index in [2.05, 4.69) is 130 Å². The molecule has 10 rings (SSSR count). The summed E-state index contributed by atoms with van der Waals surface area (Å²) < 4.78 is 4.71. The number of fused-ring (bicyclic) bond motifs is 9. The van der Waals surface area contributed by atoms with Crippen molar-refractivity contribution in [3.05, 3.63) is 127 Å². The molecule has 0 fully saturated rings. The summed E-state index contributed by atoms with van der Waals surface area (Å²) in [4.78, 5) is 13.0. The van der Waals surface area contributed by atoms with Gasteiger partial charge in [0.25, 0.3) is 0 Å². The van der Waals surface area contributed by atoms with Gasteiger partial charge < -0.3 is 4.57 Å². The van der Waals surface area contributed by atoms with E-state index in [1.165, 1.54) is 54.0 Å². The van der Waals surface area contributed by atoms with Gasteiger partial charge in [-0.3, -0.25) is 4.57 Å². The molecule has 1 aliphatic carbocycles. The first kappa shape index (κ1) is 23.4. The van der Waals surface area contributed by atoms with E-state index in [1.54, 1.807) is 11.8 Å². The Morgan fingerprint density at radius 3 is 2.33 bits per heavy atom. The van der Waals surface area contributed by atoms with Crippen molar-refractivity contribution >= 4 is 61.4 Å². The van der Waals surface area contributed by atoms with Crippen molar-refractivity contribution in [3.63, 3.8) is 0 Å². The van der Waals surface area contributed by atoms with E-state index in [-0.39, 0.29) is 0 Å². The number of hydrogen-bond donors (Lipinski definition) is 0. The van der Waals surface area contributed by atoms with Crippen LogP contribution < -0.4 is 0 Å². The van der Waals surface area contributed by atoms with Gasteiger partial charge in [0.1, 0.15) is 0 Å². The zero-order valence-electron chi connectivity index (χ0n) is 23.2. The van der Waals surface area contributed by atoms with Crippen LogP contribution in [0, 0.1) is 0 Å². The standard InChI is InChI=1S/C38H24N4S/c1-2-11-23(12-3-1)41-28-17-7-4-13-24(28)34-30(41)21-22-31-35(34)25-14-5-8-18-29(25)42(31)38-39-27-16-10-20-33-36(27)37(40-38)26-15-6-9-19-32(26)43-33/h1-3,5-12,14-22H,4,13H2. The SMILES string of the molecule is C1=Cc2c(c3c4c5ccccc5n(-c5nc6c7c(cccc7n5)Sc5ccccc5-6)c4ccc3n2-c2ccccc2)CC1. The fourth-order valence-electron chi connectivity index (χ4n) is 7.24. The molecule has 1 aliphatic heterocycles. The highest BCUT2D eigenvalue weighted by Gasteiger charge is 2.26. The molecule has 0 N–H and O–H groups in total. The van der Waals surface area contributed by atoms with E-state index < -0.39 is 0 Å². The lowest BCUT2D eigenvalue weighted by Crippen LogP contribution is -2.05. The second-order valence-corrected chi connectivity index (χ2v) is 12.4. The average Bonchev–Trinajstić information content (AvgIpc) is 3.58. The fourth-order valence-corrected chi connectivity index (χ4v) is 8.35. The van der Waals surface area contributed by atoms with Crippen LogP contribution in [0.4, 0.5) is 0 Å². The molecule has 3 aromatic heterocycles. The lowest BCUT2D eigenvalue weighted by Gasteiger charge is -2.20. The summed E-state index contributed by atoms with van der Waals surface area (Å²) in [5.41, 5.74) is 10.5. The Labute approximate surface area is 251 Å². The molecule has 0 saturated carbocycles. The number of aromatic nitrogens is 4.